The Labute approximate surface area is 111 Å². The predicted molar refractivity (Wildman–Crippen MR) is 73.0 cm³/mol. The van der Waals surface area contributed by atoms with Crippen LogP contribution in [-0.4, -0.2) is 21.4 Å². The Morgan fingerprint density at radius 1 is 1.21 bits per heavy atom. The number of pyridine rings is 1. The van der Waals surface area contributed by atoms with Crippen LogP contribution in [0, 0.1) is 0 Å². The van der Waals surface area contributed by atoms with E-state index >= 15 is 0 Å². The lowest BCUT2D eigenvalue weighted by Crippen LogP contribution is -2.30. The van der Waals surface area contributed by atoms with Crippen molar-refractivity contribution in [3.8, 4) is 0 Å². The minimum atomic E-state index is 0.268. The van der Waals surface area contributed by atoms with Crippen molar-refractivity contribution in [1.82, 2.24) is 20.1 Å². The van der Waals surface area contributed by atoms with E-state index in [1.54, 1.807) is 10.7 Å². The third-order valence-corrected chi connectivity index (χ3v) is 3.77. The van der Waals surface area contributed by atoms with Gasteiger partial charge in [-0.05, 0) is 35.2 Å². The molecule has 19 heavy (non-hydrogen) atoms. The first-order chi connectivity index (χ1) is 9.42. The lowest BCUT2D eigenvalue weighted by Gasteiger charge is -2.27. The van der Waals surface area contributed by atoms with Gasteiger partial charge in [0.05, 0.1) is 17.8 Å². The average molecular weight is 250 g/mol. The summed E-state index contributed by atoms with van der Waals surface area (Å²) in [6.45, 7) is 1.02. The Balaban J connectivity index is 1.84. The monoisotopic (exact) mass is 250 g/mol. The Kier molecular flexibility index (Phi) is 2.35. The molecule has 1 N–H and O–H groups in total. The molecule has 0 spiro atoms. The van der Waals surface area contributed by atoms with Crippen LogP contribution in [-0.2, 0) is 6.42 Å². The minimum Gasteiger partial charge on any atom is -0.306 e. The smallest absolute Gasteiger partial charge is 0.0868 e. The van der Waals surface area contributed by atoms with E-state index in [2.05, 4.69) is 52.0 Å². The number of hydrogen-bond acceptors (Lipinski definition) is 3. The molecule has 0 saturated heterocycles. The number of aromatic nitrogens is 3. The van der Waals surface area contributed by atoms with Crippen LogP contribution in [0.15, 0.2) is 48.8 Å². The fraction of sp³-hybridized carbons (Fsp3) is 0.200. The minimum absolute atomic E-state index is 0.268. The van der Waals surface area contributed by atoms with Gasteiger partial charge in [0.2, 0.25) is 0 Å². The van der Waals surface area contributed by atoms with Gasteiger partial charge in [-0.2, -0.15) is 0 Å². The number of hydrogen-bond donors (Lipinski definition) is 1. The summed E-state index contributed by atoms with van der Waals surface area (Å²) < 4.78 is 1.79. The van der Waals surface area contributed by atoms with Gasteiger partial charge in [-0.25, -0.2) is 4.52 Å². The predicted octanol–water partition coefficient (Wildman–Crippen LogP) is 1.96. The van der Waals surface area contributed by atoms with Gasteiger partial charge in [0.15, 0.2) is 0 Å². The molecular formula is C15H14N4. The SMILES string of the molecule is c1ccc2c(c1)CCNC2c1ccn2nncc2c1. The number of fused-ring (bicyclic) bond motifs is 2. The van der Waals surface area contributed by atoms with Gasteiger partial charge in [-0.1, -0.05) is 29.5 Å². The van der Waals surface area contributed by atoms with Crippen LogP contribution in [0.1, 0.15) is 22.7 Å². The molecule has 0 bridgehead atoms. The van der Waals surface area contributed by atoms with E-state index in [4.69, 9.17) is 0 Å². The van der Waals surface area contributed by atoms with Crippen LogP contribution in [0.2, 0.25) is 0 Å². The molecule has 4 nitrogen and oxygen atoms in total. The number of rotatable bonds is 1. The summed E-state index contributed by atoms with van der Waals surface area (Å²) in [5, 5.41) is 11.5. The summed E-state index contributed by atoms with van der Waals surface area (Å²) in [7, 11) is 0. The standard InChI is InChI=1S/C15H14N4/c1-2-4-14-11(3-1)5-7-16-15(14)12-6-8-19-13(9-12)10-17-18-19/h1-4,6,8-10,15-16H,5,7H2. The molecule has 4 heteroatoms. The molecule has 0 radical (unpaired) electrons. The Morgan fingerprint density at radius 3 is 3.16 bits per heavy atom. The molecule has 94 valence electrons. The molecule has 3 aromatic rings. The fourth-order valence-electron chi connectivity index (χ4n) is 2.83. The molecule has 0 saturated carbocycles. The van der Waals surface area contributed by atoms with Crippen molar-refractivity contribution in [1.29, 1.82) is 0 Å². The second kappa shape index (κ2) is 4.17. The van der Waals surface area contributed by atoms with E-state index in [9.17, 15) is 0 Å². The maximum absolute atomic E-state index is 4.00. The van der Waals surface area contributed by atoms with E-state index in [1.165, 1.54) is 16.7 Å². The van der Waals surface area contributed by atoms with Crippen LogP contribution in [0.4, 0.5) is 0 Å². The van der Waals surface area contributed by atoms with Crippen molar-refractivity contribution in [2.45, 2.75) is 12.5 Å². The van der Waals surface area contributed by atoms with Crippen LogP contribution in [0.25, 0.3) is 5.52 Å². The summed E-state index contributed by atoms with van der Waals surface area (Å²) >= 11 is 0. The van der Waals surface area contributed by atoms with Gasteiger partial charge in [0, 0.05) is 12.7 Å². The highest BCUT2D eigenvalue weighted by atomic mass is 15.4. The summed E-state index contributed by atoms with van der Waals surface area (Å²) in [6.07, 6.45) is 4.86. The molecule has 1 aliphatic rings. The number of nitrogens with one attached hydrogen (secondary N) is 1. The first-order valence-corrected chi connectivity index (χ1v) is 6.53. The zero-order valence-electron chi connectivity index (χ0n) is 10.5. The normalized spacial score (nSPS) is 18.4. The molecular weight excluding hydrogens is 236 g/mol. The molecule has 1 atom stereocenters. The fourth-order valence-corrected chi connectivity index (χ4v) is 2.83. The maximum Gasteiger partial charge on any atom is 0.0868 e. The average Bonchev–Trinajstić information content (AvgIpc) is 2.94. The van der Waals surface area contributed by atoms with Crippen molar-refractivity contribution in [2.75, 3.05) is 6.54 Å². The Morgan fingerprint density at radius 2 is 2.16 bits per heavy atom. The van der Waals surface area contributed by atoms with E-state index in [-0.39, 0.29) is 6.04 Å². The van der Waals surface area contributed by atoms with Gasteiger partial charge in [-0.15, -0.1) is 5.10 Å². The second-order valence-corrected chi connectivity index (χ2v) is 4.90. The molecule has 3 heterocycles. The summed E-state index contributed by atoms with van der Waals surface area (Å²) in [5.74, 6) is 0. The zero-order chi connectivity index (χ0) is 12.7. The van der Waals surface area contributed by atoms with Gasteiger partial charge in [0.1, 0.15) is 0 Å². The van der Waals surface area contributed by atoms with E-state index in [1.807, 2.05) is 6.20 Å². The first kappa shape index (κ1) is 10.7. The van der Waals surface area contributed by atoms with Gasteiger partial charge < -0.3 is 5.32 Å². The summed E-state index contributed by atoms with van der Waals surface area (Å²) in [6, 6.07) is 13.2. The maximum atomic E-state index is 4.00. The van der Waals surface area contributed by atoms with E-state index in [0.717, 1.165) is 18.5 Å². The second-order valence-electron chi connectivity index (χ2n) is 4.90. The van der Waals surface area contributed by atoms with E-state index < -0.39 is 0 Å². The highest BCUT2D eigenvalue weighted by Gasteiger charge is 2.20. The molecule has 1 unspecified atom stereocenters. The van der Waals surface area contributed by atoms with Gasteiger partial charge >= 0.3 is 0 Å². The molecule has 0 aliphatic carbocycles. The van der Waals surface area contributed by atoms with Crippen molar-refractivity contribution in [3.63, 3.8) is 0 Å². The van der Waals surface area contributed by atoms with Gasteiger partial charge in [-0.3, -0.25) is 0 Å². The van der Waals surface area contributed by atoms with Crippen LogP contribution in [0.5, 0.6) is 0 Å². The third-order valence-electron chi connectivity index (χ3n) is 3.77. The van der Waals surface area contributed by atoms with E-state index in [0.29, 0.717) is 0 Å². The molecule has 1 aliphatic heterocycles. The van der Waals surface area contributed by atoms with Gasteiger partial charge in [0.25, 0.3) is 0 Å². The highest BCUT2D eigenvalue weighted by Crippen LogP contribution is 2.28. The molecule has 0 amide bonds. The lowest BCUT2D eigenvalue weighted by molar-refractivity contribution is 0.567. The molecule has 2 aromatic heterocycles. The van der Waals surface area contributed by atoms with Crippen LogP contribution in [0.3, 0.4) is 0 Å². The lowest BCUT2D eigenvalue weighted by atomic mass is 9.90. The zero-order valence-corrected chi connectivity index (χ0v) is 10.5. The summed E-state index contributed by atoms with van der Waals surface area (Å²) in [5.41, 5.74) is 5.12. The van der Waals surface area contributed by atoms with Crippen molar-refractivity contribution in [2.24, 2.45) is 0 Å². The largest absolute Gasteiger partial charge is 0.306 e. The van der Waals surface area contributed by atoms with Crippen LogP contribution < -0.4 is 5.32 Å². The van der Waals surface area contributed by atoms with Crippen LogP contribution >= 0.6 is 0 Å². The Hall–Kier alpha value is -2.20. The Bertz CT molecular complexity index is 732. The molecule has 1 aromatic carbocycles. The van der Waals surface area contributed by atoms with Crippen molar-refractivity contribution < 1.29 is 0 Å². The first-order valence-electron chi connectivity index (χ1n) is 6.53. The topological polar surface area (TPSA) is 42.2 Å². The third kappa shape index (κ3) is 1.72. The highest BCUT2D eigenvalue weighted by molar-refractivity contribution is 5.49. The van der Waals surface area contributed by atoms with Crippen molar-refractivity contribution in [3.05, 3.63) is 65.5 Å². The number of nitrogens with zero attached hydrogens (tertiary/aromatic N) is 3. The molecule has 4 rings (SSSR count). The molecule has 0 fully saturated rings. The quantitative estimate of drug-likeness (QED) is 0.718. The summed E-state index contributed by atoms with van der Waals surface area (Å²) in [4.78, 5) is 0. The van der Waals surface area contributed by atoms with Crippen molar-refractivity contribution >= 4 is 5.52 Å². The number of benzene rings is 1.